The van der Waals surface area contributed by atoms with Crippen molar-refractivity contribution in [3.8, 4) is 0 Å². The molecule has 1 aromatic heterocycles. The van der Waals surface area contributed by atoms with E-state index in [0.717, 1.165) is 4.68 Å². The summed E-state index contributed by atoms with van der Waals surface area (Å²) in [6.45, 7) is 3.51. The maximum atomic E-state index is 11.2. The zero-order chi connectivity index (χ0) is 11.4. The van der Waals surface area contributed by atoms with Crippen LogP contribution in [0.25, 0.3) is 0 Å². The van der Waals surface area contributed by atoms with E-state index in [9.17, 15) is 9.59 Å². The second-order valence-electron chi connectivity index (χ2n) is 3.46. The lowest BCUT2D eigenvalue weighted by Gasteiger charge is -2.19. The highest BCUT2D eigenvalue weighted by Crippen LogP contribution is 2.02. The molecule has 0 spiro atoms. The van der Waals surface area contributed by atoms with Crippen LogP contribution in [0.15, 0.2) is 23.3 Å². The topological polar surface area (TPSA) is 84.2 Å². The van der Waals surface area contributed by atoms with Gasteiger partial charge >= 0.3 is 11.7 Å². The molecule has 0 fully saturated rings. The molecule has 82 valence electrons. The fraction of sp³-hybridized carbons (Fsp3) is 0.444. The van der Waals surface area contributed by atoms with Gasteiger partial charge in [-0.15, -0.1) is 0 Å². The lowest BCUT2D eigenvalue weighted by atomic mass is 10.1. The average Bonchev–Trinajstić information content (AvgIpc) is 2.15. The molecule has 0 aliphatic carbocycles. The van der Waals surface area contributed by atoms with Crippen molar-refractivity contribution in [2.75, 3.05) is 5.43 Å². The molecule has 2 N–H and O–H groups in total. The summed E-state index contributed by atoms with van der Waals surface area (Å²) in [5, 5.41) is 8.90. The van der Waals surface area contributed by atoms with Crippen LogP contribution in [-0.4, -0.2) is 26.8 Å². The number of carbonyl (C=O) groups is 1. The third-order valence-electron chi connectivity index (χ3n) is 1.92. The molecule has 1 atom stereocenters. The van der Waals surface area contributed by atoms with Crippen LogP contribution in [0.5, 0.6) is 0 Å². The van der Waals surface area contributed by atoms with Gasteiger partial charge in [0.05, 0.1) is 0 Å². The van der Waals surface area contributed by atoms with Crippen molar-refractivity contribution in [1.82, 2.24) is 9.66 Å². The number of aliphatic carboxylic acids is 1. The molecule has 0 aliphatic rings. The first-order valence-corrected chi connectivity index (χ1v) is 4.55. The zero-order valence-corrected chi connectivity index (χ0v) is 8.54. The molecular weight excluding hydrogens is 198 g/mol. The van der Waals surface area contributed by atoms with Gasteiger partial charge in [-0.2, -0.15) is 0 Å². The highest BCUT2D eigenvalue weighted by atomic mass is 16.4. The number of hydrogen-bond acceptors (Lipinski definition) is 4. The summed E-state index contributed by atoms with van der Waals surface area (Å²) in [7, 11) is 0. The Labute approximate surface area is 86.5 Å². The molecular formula is C9H13N3O3. The van der Waals surface area contributed by atoms with Crippen LogP contribution in [0, 0.1) is 5.92 Å². The molecule has 0 amide bonds. The van der Waals surface area contributed by atoms with Crippen molar-refractivity contribution in [3.05, 3.63) is 28.9 Å². The molecule has 15 heavy (non-hydrogen) atoms. The summed E-state index contributed by atoms with van der Waals surface area (Å²) in [5.41, 5.74) is 2.06. The second kappa shape index (κ2) is 4.59. The first kappa shape index (κ1) is 11.2. The largest absolute Gasteiger partial charge is 0.480 e. The molecule has 0 saturated heterocycles. The van der Waals surface area contributed by atoms with E-state index in [1.165, 1.54) is 12.4 Å². The van der Waals surface area contributed by atoms with Gasteiger partial charge in [0, 0.05) is 12.4 Å². The number of nitrogens with one attached hydrogen (secondary N) is 1. The van der Waals surface area contributed by atoms with Crippen LogP contribution in [0.1, 0.15) is 13.8 Å². The van der Waals surface area contributed by atoms with E-state index in [4.69, 9.17) is 5.11 Å². The molecule has 0 aliphatic heterocycles. The Morgan fingerprint density at radius 2 is 2.27 bits per heavy atom. The van der Waals surface area contributed by atoms with Gasteiger partial charge in [0.2, 0.25) is 0 Å². The van der Waals surface area contributed by atoms with E-state index in [1.807, 2.05) is 0 Å². The molecule has 6 heteroatoms. The van der Waals surface area contributed by atoms with Crippen molar-refractivity contribution in [3.63, 3.8) is 0 Å². The van der Waals surface area contributed by atoms with E-state index >= 15 is 0 Å². The minimum atomic E-state index is -0.999. The fourth-order valence-electron chi connectivity index (χ4n) is 1.09. The summed E-state index contributed by atoms with van der Waals surface area (Å²) in [6.07, 6.45) is 2.79. The molecule has 1 aromatic rings. The van der Waals surface area contributed by atoms with Crippen molar-refractivity contribution in [1.29, 1.82) is 0 Å². The van der Waals surface area contributed by atoms with Crippen LogP contribution in [-0.2, 0) is 4.79 Å². The molecule has 0 unspecified atom stereocenters. The molecule has 0 radical (unpaired) electrons. The van der Waals surface area contributed by atoms with Gasteiger partial charge in [-0.1, -0.05) is 13.8 Å². The monoisotopic (exact) mass is 211 g/mol. The Kier molecular flexibility index (Phi) is 3.43. The third kappa shape index (κ3) is 2.80. The Morgan fingerprint density at radius 3 is 2.73 bits per heavy atom. The predicted octanol–water partition coefficient (Wildman–Crippen LogP) is -0.104. The number of nitrogens with zero attached hydrogens (tertiary/aromatic N) is 2. The Morgan fingerprint density at radius 1 is 1.60 bits per heavy atom. The highest BCUT2D eigenvalue weighted by Gasteiger charge is 2.21. The van der Waals surface area contributed by atoms with Gasteiger partial charge in [-0.3, -0.25) is 0 Å². The molecule has 6 nitrogen and oxygen atoms in total. The van der Waals surface area contributed by atoms with Crippen LogP contribution >= 0.6 is 0 Å². The van der Waals surface area contributed by atoms with Crippen molar-refractivity contribution in [2.24, 2.45) is 5.92 Å². The molecule has 0 aromatic carbocycles. The fourth-order valence-corrected chi connectivity index (χ4v) is 1.09. The standard InChI is InChI=1S/C9H13N3O3/c1-6(2)7(8(13)14)11-12-5-3-4-10-9(12)15/h3-7,11H,1-2H3,(H,13,14)/t7-/m0/s1. The number of rotatable bonds is 4. The summed E-state index contributed by atoms with van der Waals surface area (Å²) < 4.78 is 1.07. The first-order chi connectivity index (χ1) is 7.02. The van der Waals surface area contributed by atoms with E-state index in [0.29, 0.717) is 0 Å². The van der Waals surface area contributed by atoms with Crippen molar-refractivity contribution in [2.45, 2.75) is 19.9 Å². The van der Waals surface area contributed by atoms with Crippen LogP contribution in [0.2, 0.25) is 0 Å². The van der Waals surface area contributed by atoms with E-state index in [-0.39, 0.29) is 5.92 Å². The van der Waals surface area contributed by atoms with E-state index < -0.39 is 17.7 Å². The van der Waals surface area contributed by atoms with E-state index in [1.54, 1.807) is 19.9 Å². The minimum absolute atomic E-state index is 0.130. The molecule has 1 heterocycles. The summed E-state index contributed by atoms with van der Waals surface area (Å²) >= 11 is 0. The molecule has 1 rings (SSSR count). The zero-order valence-electron chi connectivity index (χ0n) is 8.54. The quantitative estimate of drug-likeness (QED) is 0.726. The van der Waals surface area contributed by atoms with Gasteiger partial charge in [-0.05, 0) is 12.0 Å². The summed E-state index contributed by atoms with van der Waals surface area (Å²) in [4.78, 5) is 25.6. The Bertz CT molecular complexity index is 400. The molecule has 0 saturated carbocycles. The van der Waals surface area contributed by atoms with Gasteiger partial charge in [0.1, 0.15) is 6.04 Å². The van der Waals surface area contributed by atoms with Crippen molar-refractivity contribution >= 4 is 5.97 Å². The summed E-state index contributed by atoms with van der Waals surface area (Å²) in [5.74, 6) is -1.13. The van der Waals surface area contributed by atoms with Gasteiger partial charge < -0.3 is 10.5 Å². The number of hydrogen-bond donors (Lipinski definition) is 2. The number of aromatic nitrogens is 2. The average molecular weight is 211 g/mol. The number of carboxylic acids is 1. The van der Waals surface area contributed by atoms with E-state index in [2.05, 4.69) is 10.4 Å². The maximum Gasteiger partial charge on any atom is 0.366 e. The third-order valence-corrected chi connectivity index (χ3v) is 1.92. The van der Waals surface area contributed by atoms with Crippen LogP contribution in [0.4, 0.5) is 0 Å². The maximum absolute atomic E-state index is 11.2. The first-order valence-electron chi connectivity index (χ1n) is 4.55. The minimum Gasteiger partial charge on any atom is -0.480 e. The second-order valence-corrected chi connectivity index (χ2v) is 3.46. The Hall–Kier alpha value is -1.85. The predicted molar refractivity (Wildman–Crippen MR) is 54.1 cm³/mol. The van der Waals surface area contributed by atoms with Crippen LogP contribution < -0.4 is 11.1 Å². The number of carboxylic acid groups (broad SMARTS) is 1. The lowest BCUT2D eigenvalue weighted by Crippen LogP contribution is -2.43. The highest BCUT2D eigenvalue weighted by molar-refractivity contribution is 5.75. The van der Waals surface area contributed by atoms with Gasteiger partial charge in [0.25, 0.3) is 0 Å². The lowest BCUT2D eigenvalue weighted by molar-refractivity contribution is -0.139. The smallest absolute Gasteiger partial charge is 0.366 e. The molecule has 0 bridgehead atoms. The SMILES string of the molecule is CC(C)[C@H](Nn1cccnc1=O)C(=O)O. The van der Waals surface area contributed by atoms with Gasteiger partial charge in [0.15, 0.2) is 0 Å². The normalized spacial score (nSPS) is 12.5. The van der Waals surface area contributed by atoms with Crippen molar-refractivity contribution < 1.29 is 9.90 Å². The van der Waals surface area contributed by atoms with Crippen LogP contribution in [0.3, 0.4) is 0 Å². The van der Waals surface area contributed by atoms with Gasteiger partial charge in [-0.25, -0.2) is 19.2 Å². The Balaban J connectivity index is 2.89. The summed E-state index contributed by atoms with van der Waals surface area (Å²) in [6, 6.07) is 0.736.